The Labute approximate surface area is 99.8 Å². The second kappa shape index (κ2) is 6.15. The summed E-state index contributed by atoms with van der Waals surface area (Å²) in [6.07, 6.45) is 2.22. The fourth-order valence-electron chi connectivity index (χ4n) is 1.60. The van der Waals surface area contributed by atoms with E-state index < -0.39 is 4.92 Å². The van der Waals surface area contributed by atoms with Gasteiger partial charge in [-0.05, 0) is 19.5 Å². The number of rotatable bonds is 7. The van der Waals surface area contributed by atoms with Gasteiger partial charge in [0.15, 0.2) is 5.78 Å². The number of ketones is 1. The molecule has 0 unspecified atom stereocenters. The third kappa shape index (κ3) is 3.67. The summed E-state index contributed by atoms with van der Waals surface area (Å²) in [5, 5.41) is 10.5. The topological polar surface area (TPSA) is 79.2 Å². The monoisotopic (exact) mass is 239 g/mol. The molecule has 0 saturated heterocycles. The first-order chi connectivity index (χ1) is 8.08. The molecule has 1 N–H and O–H groups in total. The highest BCUT2D eigenvalue weighted by molar-refractivity contribution is 5.96. The minimum atomic E-state index is -0.517. The first-order valence-electron chi connectivity index (χ1n) is 5.66. The zero-order valence-corrected chi connectivity index (χ0v) is 10.1. The number of nitro groups is 1. The van der Waals surface area contributed by atoms with Gasteiger partial charge in [0.1, 0.15) is 0 Å². The second-order valence-corrected chi connectivity index (χ2v) is 3.82. The van der Waals surface area contributed by atoms with E-state index in [2.05, 4.69) is 4.98 Å². The first kappa shape index (κ1) is 13.4. The molecule has 6 heteroatoms. The molecule has 0 bridgehead atoms. The zero-order valence-electron chi connectivity index (χ0n) is 10.1. The number of likely N-dealkylation sites (N-methyl/N-ethyl adjacent to an activating group) is 1. The van der Waals surface area contributed by atoms with Crippen LogP contribution in [0.1, 0.15) is 30.8 Å². The van der Waals surface area contributed by atoms with E-state index in [1.807, 2.05) is 18.7 Å². The quantitative estimate of drug-likeness (QED) is 0.447. The van der Waals surface area contributed by atoms with E-state index in [0.717, 1.165) is 19.5 Å². The Bertz CT molecular complexity index is 400. The number of H-pyrrole nitrogens is 1. The van der Waals surface area contributed by atoms with Crippen LogP contribution < -0.4 is 0 Å². The van der Waals surface area contributed by atoms with Gasteiger partial charge in [-0.3, -0.25) is 19.8 Å². The number of nitrogens with zero attached hydrogens (tertiary/aromatic N) is 2. The Balaban J connectivity index is 2.65. The molecule has 0 aliphatic carbocycles. The Hall–Kier alpha value is -1.69. The summed E-state index contributed by atoms with van der Waals surface area (Å²) in [5.74, 6) is -0.117. The molecule has 1 rings (SSSR count). The molecule has 1 aromatic rings. The minimum absolute atomic E-state index is 0.0770. The maximum Gasteiger partial charge on any atom is 0.287 e. The third-order valence-corrected chi connectivity index (χ3v) is 2.53. The summed E-state index contributed by atoms with van der Waals surface area (Å²) in [6.45, 7) is 5.97. The molecule has 0 aromatic carbocycles. The Kier molecular flexibility index (Phi) is 4.84. The molecule has 0 spiro atoms. The number of nitrogens with one attached hydrogen (secondary N) is 1. The molecule has 1 heterocycles. The number of aromatic amines is 1. The van der Waals surface area contributed by atoms with Gasteiger partial charge >= 0.3 is 0 Å². The molecule has 1 aromatic heterocycles. The minimum Gasteiger partial charge on any atom is -0.353 e. The van der Waals surface area contributed by atoms with Crippen LogP contribution in [0.25, 0.3) is 0 Å². The van der Waals surface area contributed by atoms with Crippen molar-refractivity contribution in [2.24, 2.45) is 0 Å². The van der Waals surface area contributed by atoms with E-state index in [1.165, 1.54) is 12.3 Å². The normalized spacial score (nSPS) is 10.8. The van der Waals surface area contributed by atoms with E-state index in [4.69, 9.17) is 0 Å². The van der Waals surface area contributed by atoms with Crippen molar-refractivity contribution in [3.8, 4) is 0 Å². The van der Waals surface area contributed by atoms with Crippen molar-refractivity contribution in [2.75, 3.05) is 19.6 Å². The van der Waals surface area contributed by atoms with Crippen molar-refractivity contribution >= 4 is 11.5 Å². The zero-order chi connectivity index (χ0) is 12.8. The number of carbonyl (C=O) groups excluding carboxylic acids is 1. The van der Waals surface area contributed by atoms with Crippen LogP contribution in [0.4, 0.5) is 5.69 Å². The van der Waals surface area contributed by atoms with Crippen molar-refractivity contribution in [2.45, 2.75) is 20.3 Å². The summed E-state index contributed by atoms with van der Waals surface area (Å²) in [6, 6.07) is 1.28. The Morgan fingerprint density at radius 2 is 2.24 bits per heavy atom. The molecule has 0 aliphatic rings. The number of Topliss-reactive ketones (excluding diaryl/α,β-unsaturated/α-hetero) is 1. The summed E-state index contributed by atoms with van der Waals surface area (Å²) in [4.78, 5) is 26.4. The van der Waals surface area contributed by atoms with Gasteiger partial charge in [-0.15, -0.1) is 0 Å². The molecule has 0 saturated carbocycles. The van der Waals surface area contributed by atoms with E-state index in [-0.39, 0.29) is 11.5 Å². The molecule has 94 valence electrons. The van der Waals surface area contributed by atoms with Crippen LogP contribution in [0.15, 0.2) is 12.3 Å². The molecular formula is C11H17N3O3. The predicted molar refractivity (Wildman–Crippen MR) is 64.2 cm³/mol. The van der Waals surface area contributed by atoms with Crippen LogP contribution in [-0.4, -0.2) is 40.2 Å². The van der Waals surface area contributed by atoms with Gasteiger partial charge < -0.3 is 4.98 Å². The molecule has 6 nitrogen and oxygen atoms in total. The molecule has 17 heavy (non-hydrogen) atoms. The molecule has 0 amide bonds. The average Bonchev–Trinajstić information content (AvgIpc) is 2.77. The summed E-state index contributed by atoms with van der Waals surface area (Å²) >= 11 is 0. The average molecular weight is 239 g/mol. The fraction of sp³-hybridized carbons (Fsp3) is 0.545. The smallest absolute Gasteiger partial charge is 0.287 e. The molecular weight excluding hydrogens is 222 g/mol. The van der Waals surface area contributed by atoms with Gasteiger partial charge in [0, 0.05) is 6.07 Å². The van der Waals surface area contributed by atoms with Crippen LogP contribution in [0.5, 0.6) is 0 Å². The number of aromatic nitrogens is 1. The Morgan fingerprint density at radius 1 is 1.53 bits per heavy atom. The predicted octanol–water partition coefficient (Wildman–Crippen LogP) is 1.84. The standard InChI is InChI=1S/C11H17N3O3/c1-3-5-13(4-2)8-11(15)10-6-9(7-12-10)14(16)17/h6-7,12H,3-5,8H2,1-2H3. The number of hydrogen-bond donors (Lipinski definition) is 1. The highest BCUT2D eigenvalue weighted by atomic mass is 16.6. The second-order valence-electron chi connectivity index (χ2n) is 3.82. The van der Waals surface area contributed by atoms with Gasteiger partial charge in [0.25, 0.3) is 5.69 Å². The van der Waals surface area contributed by atoms with Crippen molar-refractivity contribution in [3.63, 3.8) is 0 Å². The Morgan fingerprint density at radius 3 is 2.71 bits per heavy atom. The summed E-state index contributed by atoms with van der Waals surface area (Å²) < 4.78 is 0. The maximum atomic E-state index is 11.8. The van der Waals surface area contributed by atoms with Gasteiger partial charge in [0.05, 0.1) is 23.4 Å². The highest BCUT2D eigenvalue weighted by Crippen LogP contribution is 2.12. The molecule has 0 fully saturated rings. The van der Waals surface area contributed by atoms with Crippen molar-refractivity contribution < 1.29 is 9.72 Å². The summed E-state index contributed by atoms with van der Waals surface area (Å²) in [7, 11) is 0. The van der Waals surface area contributed by atoms with Crippen LogP contribution in [0.2, 0.25) is 0 Å². The van der Waals surface area contributed by atoms with Crippen molar-refractivity contribution in [1.29, 1.82) is 0 Å². The van der Waals surface area contributed by atoms with Gasteiger partial charge in [-0.2, -0.15) is 0 Å². The SMILES string of the molecule is CCCN(CC)CC(=O)c1cc([N+](=O)[O-])c[nH]1. The lowest BCUT2D eigenvalue weighted by atomic mass is 10.2. The van der Waals surface area contributed by atoms with E-state index >= 15 is 0 Å². The van der Waals surface area contributed by atoms with Crippen molar-refractivity contribution in [1.82, 2.24) is 9.88 Å². The first-order valence-corrected chi connectivity index (χ1v) is 5.66. The lowest BCUT2D eigenvalue weighted by molar-refractivity contribution is -0.384. The van der Waals surface area contributed by atoms with Crippen LogP contribution in [0.3, 0.4) is 0 Å². The highest BCUT2D eigenvalue weighted by Gasteiger charge is 2.16. The van der Waals surface area contributed by atoms with Gasteiger partial charge in [0.2, 0.25) is 0 Å². The fourth-order valence-corrected chi connectivity index (χ4v) is 1.60. The van der Waals surface area contributed by atoms with E-state index in [1.54, 1.807) is 0 Å². The largest absolute Gasteiger partial charge is 0.353 e. The lowest BCUT2D eigenvalue weighted by Gasteiger charge is -2.17. The van der Waals surface area contributed by atoms with Crippen molar-refractivity contribution in [3.05, 3.63) is 28.1 Å². The third-order valence-electron chi connectivity index (χ3n) is 2.53. The van der Waals surface area contributed by atoms with Gasteiger partial charge in [-0.25, -0.2) is 0 Å². The summed E-state index contributed by atoms with van der Waals surface area (Å²) in [5.41, 5.74) is 0.221. The molecule has 0 radical (unpaired) electrons. The maximum absolute atomic E-state index is 11.8. The van der Waals surface area contributed by atoms with Gasteiger partial charge in [-0.1, -0.05) is 13.8 Å². The number of hydrogen-bond acceptors (Lipinski definition) is 4. The lowest BCUT2D eigenvalue weighted by Crippen LogP contribution is -2.30. The van der Waals surface area contributed by atoms with Crippen LogP contribution in [-0.2, 0) is 0 Å². The van der Waals surface area contributed by atoms with E-state index in [0.29, 0.717) is 12.2 Å². The van der Waals surface area contributed by atoms with E-state index in [9.17, 15) is 14.9 Å². The van der Waals surface area contributed by atoms with Crippen LogP contribution in [0, 0.1) is 10.1 Å². The molecule has 0 aliphatic heterocycles. The number of carbonyl (C=O) groups is 1. The molecule has 0 atom stereocenters. The van der Waals surface area contributed by atoms with Crippen LogP contribution >= 0.6 is 0 Å².